The maximum Gasteiger partial charge on any atom is 0.168 e. The van der Waals surface area contributed by atoms with E-state index in [-0.39, 0.29) is 33.2 Å². The quantitative estimate of drug-likeness (QED) is 0.200. The predicted octanol–water partition coefficient (Wildman–Crippen LogP) is 9.39. The Labute approximate surface area is 240 Å². The molecule has 0 heterocycles. The molecule has 2 aliphatic rings. The maximum atomic E-state index is 13.5. The molecule has 2 rings (SSSR count). The van der Waals surface area contributed by atoms with Gasteiger partial charge in [-0.1, -0.05) is 82.6 Å². The standard InChI is InChI=1S/C35H62O4/c1-14-15-28(3,4)16-18-31(9,39)19-17-29(5,6)32(10)20-21-33(11)30(7,8)27(38)26(24-36)23-35(33,13)34(32,12)22-25(2)37/h24,36,39H,14-23H2,1-13H3/b26-24+/t31-,32-,33-,34-,35-/m0/s1. The molecule has 0 unspecified atom stereocenters. The van der Waals surface area contributed by atoms with E-state index in [0.29, 0.717) is 24.8 Å². The Morgan fingerprint density at radius 3 is 1.90 bits per heavy atom. The first-order valence-electron chi connectivity index (χ1n) is 15.5. The van der Waals surface area contributed by atoms with E-state index in [4.69, 9.17) is 0 Å². The van der Waals surface area contributed by atoms with Gasteiger partial charge in [0.25, 0.3) is 0 Å². The molecule has 0 amide bonds. The van der Waals surface area contributed by atoms with Crippen LogP contribution in [0.2, 0.25) is 0 Å². The molecule has 39 heavy (non-hydrogen) atoms. The lowest BCUT2D eigenvalue weighted by Crippen LogP contribution is -2.70. The van der Waals surface area contributed by atoms with Gasteiger partial charge in [0, 0.05) is 17.4 Å². The minimum Gasteiger partial charge on any atom is -0.515 e. The number of aliphatic hydroxyl groups excluding tert-OH is 1. The molecule has 0 aromatic carbocycles. The van der Waals surface area contributed by atoms with E-state index < -0.39 is 21.8 Å². The Bertz CT molecular complexity index is 969. The van der Waals surface area contributed by atoms with Crippen molar-refractivity contribution in [3.05, 3.63) is 11.8 Å². The van der Waals surface area contributed by atoms with Crippen molar-refractivity contribution >= 4 is 11.6 Å². The summed E-state index contributed by atoms with van der Waals surface area (Å²) in [6.07, 6.45) is 9.41. The van der Waals surface area contributed by atoms with Gasteiger partial charge in [-0.15, -0.1) is 0 Å². The summed E-state index contributed by atoms with van der Waals surface area (Å²) in [5.41, 5.74) is -2.24. The van der Waals surface area contributed by atoms with Crippen LogP contribution in [0.5, 0.6) is 0 Å². The van der Waals surface area contributed by atoms with E-state index >= 15 is 0 Å². The Kier molecular flexibility index (Phi) is 9.25. The van der Waals surface area contributed by atoms with Crippen molar-refractivity contribution in [2.24, 2.45) is 37.9 Å². The molecule has 2 aliphatic carbocycles. The number of fused-ring (bicyclic) bond motifs is 1. The van der Waals surface area contributed by atoms with Gasteiger partial charge in [0.2, 0.25) is 0 Å². The highest BCUT2D eigenvalue weighted by molar-refractivity contribution is 6.01. The van der Waals surface area contributed by atoms with E-state index in [1.54, 1.807) is 6.92 Å². The Hall–Kier alpha value is -1.16. The van der Waals surface area contributed by atoms with Gasteiger partial charge in [0.05, 0.1) is 11.9 Å². The Morgan fingerprint density at radius 1 is 0.872 bits per heavy atom. The van der Waals surface area contributed by atoms with Crippen molar-refractivity contribution in [3.8, 4) is 0 Å². The summed E-state index contributed by atoms with van der Waals surface area (Å²) in [5, 5.41) is 21.6. The molecule has 5 atom stereocenters. The summed E-state index contributed by atoms with van der Waals surface area (Å²) in [5.74, 6) is 0.194. The van der Waals surface area contributed by atoms with Gasteiger partial charge in [-0.25, -0.2) is 0 Å². The van der Waals surface area contributed by atoms with E-state index in [9.17, 15) is 19.8 Å². The number of Topliss-reactive ketones (excluding diaryl/α,β-unsaturated/α-hetero) is 2. The molecule has 0 saturated heterocycles. The van der Waals surface area contributed by atoms with Gasteiger partial charge in [0.1, 0.15) is 5.78 Å². The molecule has 0 bridgehead atoms. The van der Waals surface area contributed by atoms with Crippen molar-refractivity contribution in [2.75, 3.05) is 0 Å². The highest BCUT2D eigenvalue weighted by Gasteiger charge is 2.74. The average molecular weight is 547 g/mol. The van der Waals surface area contributed by atoms with Gasteiger partial charge in [-0.2, -0.15) is 0 Å². The molecule has 0 aromatic rings. The highest BCUT2D eigenvalue weighted by atomic mass is 16.3. The second-order valence-electron chi connectivity index (χ2n) is 16.8. The van der Waals surface area contributed by atoms with Crippen LogP contribution >= 0.6 is 0 Å². The molecule has 0 radical (unpaired) electrons. The summed E-state index contributed by atoms with van der Waals surface area (Å²) >= 11 is 0. The zero-order valence-corrected chi connectivity index (χ0v) is 27.9. The van der Waals surface area contributed by atoms with Crippen LogP contribution in [0, 0.1) is 37.9 Å². The minimum atomic E-state index is -0.741. The van der Waals surface area contributed by atoms with Crippen LogP contribution in [-0.2, 0) is 9.59 Å². The highest BCUT2D eigenvalue weighted by Crippen LogP contribution is 2.79. The monoisotopic (exact) mass is 546 g/mol. The molecule has 2 fully saturated rings. The van der Waals surface area contributed by atoms with Crippen LogP contribution in [0.25, 0.3) is 0 Å². The number of aliphatic hydroxyl groups is 2. The van der Waals surface area contributed by atoms with E-state index in [0.717, 1.165) is 51.2 Å². The number of ketones is 2. The summed E-state index contributed by atoms with van der Waals surface area (Å²) in [6.45, 7) is 28.4. The van der Waals surface area contributed by atoms with E-state index in [1.807, 2.05) is 20.8 Å². The number of carbonyl (C=O) groups excluding carboxylic acids is 2. The minimum absolute atomic E-state index is 0.0278. The lowest BCUT2D eigenvalue weighted by Gasteiger charge is -2.75. The fraction of sp³-hybridized carbons (Fsp3) is 0.886. The van der Waals surface area contributed by atoms with Crippen LogP contribution < -0.4 is 0 Å². The summed E-state index contributed by atoms with van der Waals surface area (Å²) in [6, 6.07) is 0. The third kappa shape index (κ3) is 5.42. The fourth-order valence-corrected chi connectivity index (χ4v) is 9.24. The molecule has 2 N–H and O–H groups in total. The van der Waals surface area contributed by atoms with Crippen molar-refractivity contribution in [1.82, 2.24) is 0 Å². The summed E-state index contributed by atoms with van der Waals surface area (Å²) < 4.78 is 0. The molecule has 4 heteroatoms. The maximum absolute atomic E-state index is 13.5. The molecular formula is C35H62O4. The Balaban J connectivity index is 2.53. The zero-order chi connectivity index (χ0) is 30.5. The smallest absolute Gasteiger partial charge is 0.168 e. The average Bonchev–Trinajstić information content (AvgIpc) is 2.80. The molecule has 0 spiro atoms. The molecular weight excluding hydrogens is 484 g/mol. The van der Waals surface area contributed by atoms with Gasteiger partial charge in [-0.05, 0) is 97.7 Å². The largest absolute Gasteiger partial charge is 0.515 e. The number of hydrogen-bond acceptors (Lipinski definition) is 4. The first kappa shape index (κ1) is 34.0. The van der Waals surface area contributed by atoms with Crippen LogP contribution in [0.15, 0.2) is 11.8 Å². The second kappa shape index (κ2) is 10.6. The predicted molar refractivity (Wildman–Crippen MR) is 163 cm³/mol. The molecule has 0 aliphatic heterocycles. The molecule has 0 aromatic heterocycles. The SMILES string of the molecule is CCCC(C)(C)CC[C@](C)(O)CCC(C)(C)[C@]1(C)CC[C@@]2(C)C(C)(C)C(=O)/C(=C/O)C[C@]2(C)[C@@]1(C)CC(C)=O. The van der Waals surface area contributed by atoms with Gasteiger partial charge < -0.3 is 15.0 Å². The summed E-state index contributed by atoms with van der Waals surface area (Å²) in [7, 11) is 0. The first-order chi connectivity index (χ1) is 17.4. The third-order valence-electron chi connectivity index (χ3n) is 13.4. The topological polar surface area (TPSA) is 74.6 Å². The summed E-state index contributed by atoms with van der Waals surface area (Å²) in [4.78, 5) is 26.5. The van der Waals surface area contributed by atoms with Crippen LogP contribution in [0.4, 0.5) is 0 Å². The number of allylic oxidation sites excluding steroid dienone is 1. The van der Waals surface area contributed by atoms with Gasteiger partial charge >= 0.3 is 0 Å². The Morgan fingerprint density at radius 2 is 1.41 bits per heavy atom. The van der Waals surface area contributed by atoms with Crippen LogP contribution in [0.1, 0.15) is 154 Å². The van der Waals surface area contributed by atoms with Crippen LogP contribution in [-0.4, -0.2) is 27.4 Å². The fourth-order valence-electron chi connectivity index (χ4n) is 9.24. The van der Waals surface area contributed by atoms with Crippen molar-refractivity contribution in [3.63, 3.8) is 0 Å². The van der Waals surface area contributed by atoms with Crippen LogP contribution in [0.3, 0.4) is 0 Å². The first-order valence-corrected chi connectivity index (χ1v) is 15.5. The van der Waals surface area contributed by atoms with E-state index in [2.05, 4.69) is 62.3 Å². The number of hydrogen-bond donors (Lipinski definition) is 2. The number of carbonyl (C=O) groups is 2. The molecule has 2 saturated carbocycles. The lowest BCUT2D eigenvalue weighted by molar-refractivity contribution is -0.253. The molecule has 226 valence electrons. The van der Waals surface area contributed by atoms with Crippen molar-refractivity contribution < 1.29 is 19.8 Å². The molecule has 4 nitrogen and oxygen atoms in total. The van der Waals surface area contributed by atoms with Gasteiger partial charge in [-0.3, -0.25) is 4.79 Å². The van der Waals surface area contributed by atoms with Crippen molar-refractivity contribution in [2.45, 2.75) is 160 Å². The second-order valence-corrected chi connectivity index (χ2v) is 16.8. The normalized spacial score (nSPS) is 35.9. The van der Waals surface area contributed by atoms with Crippen molar-refractivity contribution in [1.29, 1.82) is 0 Å². The third-order valence-corrected chi connectivity index (χ3v) is 13.4. The van der Waals surface area contributed by atoms with Gasteiger partial charge in [0.15, 0.2) is 5.78 Å². The zero-order valence-electron chi connectivity index (χ0n) is 27.9. The lowest BCUT2D eigenvalue weighted by atomic mass is 9.28. The number of rotatable bonds is 11. The van der Waals surface area contributed by atoms with E-state index in [1.165, 1.54) is 0 Å².